The number of thiophene rings is 1. The molecular formula is C8H5BrF2O2S. The lowest BCUT2D eigenvalue weighted by Crippen LogP contribution is -2.14. The summed E-state index contributed by atoms with van der Waals surface area (Å²) in [5.41, 5.74) is 0. The fourth-order valence-electron chi connectivity index (χ4n) is 0.787. The van der Waals surface area contributed by atoms with Gasteiger partial charge in [-0.3, -0.25) is 9.59 Å². The molecule has 0 aliphatic carbocycles. The Morgan fingerprint density at radius 2 is 2.07 bits per heavy atom. The van der Waals surface area contributed by atoms with E-state index in [-0.39, 0.29) is 0 Å². The van der Waals surface area contributed by atoms with Crippen LogP contribution in [0.4, 0.5) is 8.78 Å². The first-order valence-corrected chi connectivity index (χ1v) is 5.21. The molecule has 0 radical (unpaired) electrons. The zero-order valence-corrected chi connectivity index (χ0v) is 9.20. The Morgan fingerprint density at radius 1 is 1.43 bits per heavy atom. The van der Waals surface area contributed by atoms with Crippen molar-refractivity contribution in [2.45, 2.75) is 12.8 Å². The van der Waals surface area contributed by atoms with Crippen molar-refractivity contribution in [2.24, 2.45) is 0 Å². The van der Waals surface area contributed by atoms with Gasteiger partial charge in [0.2, 0.25) is 5.78 Å². The van der Waals surface area contributed by atoms with Crippen molar-refractivity contribution in [3.8, 4) is 0 Å². The van der Waals surface area contributed by atoms with Gasteiger partial charge in [0.1, 0.15) is 0 Å². The lowest BCUT2D eigenvalue weighted by Gasteiger charge is -1.96. The van der Waals surface area contributed by atoms with Gasteiger partial charge in [-0.05, 0) is 28.1 Å². The molecule has 0 N–H and O–H groups in total. The lowest BCUT2D eigenvalue weighted by molar-refractivity contribution is -0.128. The Kier molecular flexibility index (Phi) is 3.88. The van der Waals surface area contributed by atoms with Crippen LogP contribution in [0.5, 0.6) is 0 Å². The van der Waals surface area contributed by atoms with Crippen LogP contribution in [0.3, 0.4) is 0 Å². The summed E-state index contributed by atoms with van der Waals surface area (Å²) in [4.78, 5) is 22.1. The summed E-state index contributed by atoms with van der Waals surface area (Å²) in [6.07, 6.45) is -3.80. The normalized spacial score (nSPS) is 10.6. The second-order valence-corrected chi connectivity index (χ2v) is 4.93. The summed E-state index contributed by atoms with van der Waals surface area (Å²) >= 11 is 4.25. The number of rotatable bonds is 4. The van der Waals surface area contributed by atoms with Gasteiger partial charge in [-0.1, -0.05) is 0 Å². The van der Waals surface area contributed by atoms with Crippen LogP contribution in [-0.2, 0) is 4.79 Å². The third kappa shape index (κ3) is 2.95. The average molecular weight is 283 g/mol. The van der Waals surface area contributed by atoms with E-state index in [0.29, 0.717) is 4.88 Å². The van der Waals surface area contributed by atoms with Gasteiger partial charge in [-0.15, -0.1) is 11.3 Å². The molecule has 1 aromatic rings. The largest absolute Gasteiger partial charge is 0.296 e. The van der Waals surface area contributed by atoms with E-state index in [1.807, 2.05) is 0 Å². The van der Waals surface area contributed by atoms with Crippen molar-refractivity contribution >= 4 is 38.8 Å². The molecule has 1 aromatic heterocycles. The number of ketones is 2. The quantitative estimate of drug-likeness (QED) is 0.629. The van der Waals surface area contributed by atoms with Crippen molar-refractivity contribution in [3.05, 3.63) is 20.8 Å². The van der Waals surface area contributed by atoms with E-state index >= 15 is 0 Å². The molecule has 0 saturated carbocycles. The Hall–Kier alpha value is -0.620. The zero-order chi connectivity index (χ0) is 10.7. The van der Waals surface area contributed by atoms with Gasteiger partial charge in [-0.25, -0.2) is 8.78 Å². The minimum absolute atomic E-state index is 0.311. The van der Waals surface area contributed by atoms with Gasteiger partial charge in [0, 0.05) is 0 Å². The highest BCUT2D eigenvalue weighted by Gasteiger charge is 2.20. The van der Waals surface area contributed by atoms with Crippen LogP contribution in [0.2, 0.25) is 0 Å². The van der Waals surface area contributed by atoms with Crippen LogP contribution < -0.4 is 0 Å². The maximum absolute atomic E-state index is 11.8. The highest BCUT2D eigenvalue weighted by atomic mass is 79.9. The van der Waals surface area contributed by atoms with Crippen LogP contribution in [0.25, 0.3) is 0 Å². The maximum Gasteiger partial charge on any atom is 0.296 e. The number of Topliss-reactive ketones (excluding diaryl/α,β-unsaturated/α-hetero) is 2. The summed E-state index contributed by atoms with van der Waals surface area (Å²) < 4.78 is 24.3. The van der Waals surface area contributed by atoms with E-state index in [9.17, 15) is 18.4 Å². The first kappa shape index (κ1) is 11.5. The molecule has 76 valence electrons. The number of hydrogen-bond donors (Lipinski definition) is 0. The second kappa shape index (κ2) is 4.75. The Labute approximate surface area is 91.1 Å². The summed E-state index contributed by atoms with van der Waals surface area (Å²) in [5, 5.41) is 0. The molecule has 0 aromatic carbocycles. The number of alkyl halides is 2. The third-order valence-corrected chi connectivity index (χ3v) is 3.09. The van der Waals surface area contributed by atoms with Crippen LogP contribution >= 0.6 is 27.3 Å². The summed E-state index contributed by atoms with van der Waals surface area (Å²) in [5.74, 6) is -1.90. The number of hydrogen-bond acceptors (Lipinski definition) is 3. The lowest BCUT2D eigenvalue weighted by atomic mass is 10.2. The fourth-order valence-corrected chi connectivity index (χ4v) is 2.11. The molecule has 1 rings (SSSR count). The molecule has 0 amide bonds. The smallest absolute Gasteiger partial charge is 0.293 e. The monoisotopic (exact) mass is 282 g/mol. The molecule has 0 spiro atoms. The van der Waals surface area contributed by atoms with Crippen molar-refractivity contribution in [2.75, 3.05) is 0 Å². The fraction of sp³-hybridized carbons (Fsp3) is 0.250. The van der Waals surface area contributed by atoms with Gasteiger partial charge in [-0.2, -0.15) is 0 Å². The molecule has 1 heterocycles. The Balaban J connectivity index is 2.64. The van der Waals surface area contributed by atoms with Crippen LogP contribution in [0.15, 0.2) is 15.9 Å². The summed E-state index contributed by atoms with van der Waals surface area (Å²) in [7, 11) is 0. The van der Waals surface area contributed by atoms with Crippen LogP contribution in [-0.4, -0.2) is 18.0 Å². The average Bonchev–Trinajstić information content (AvgIpc) is 2.51. The van der Waals surface area contributed by atoms with E-state index < -0.39 is 24.4 Å². The van der Waals surface area contributed by atoms with Crippen molar-refractivity contribution in [1.29, 1.82) is 0 Å². The number of carbonyl (C=O) groups excluding carboxylic acids is 2. The molecule has 0 aliphatic heterocycles. The predicted octanol–water partition coefficient (Wildman–Crippen LogP) is 2.92. The molecule has 14 heavy (non-hydrogen) atoms. The van der Waals surface area contributed by atoms with Crippen molar-refractivity contribution < 1.29 is 18.4 Å². The first-order valence-electron chi connectivity index (χ1n) is 3.60. The molecule has 0 atom stereocenters. The van der Waals surface area contributed by atoms with E-state index in [1.54, 1.807) is 6.07 Å². The van der Waals surface area contributed by atoms with Gasteiger partial charge in [0.25, 0.3) is 6.43 Å². The second-order valence-electron chi connectivity index (χ2n) is 2.47. The zero-order valence-electron chi connectivity index (χ0n) is 6.80. The highest BCUT2D eigenvalue weighted by molar-refractivity contribution is 9.11. The van der Waals surface area contributed by atoms with Crippen LogP contribution in [0, 0.1) is 0 Å². The molecule has 2 nitrogen and oxygen atoms in total. The SMILES string of the molecule is O=C(CC(=O)C(F)F)c1ccc(Br)s1. The Bertz CT molecular complexity index is 362. The standard InChI is InChI=1S/C8H5BrF2O2S/c9-7-2-1-6(14-7)4(12)3-5(13)8(10)11/h1-2,8H,3H2. The minimum Gasteiger partial charge on any atom is -0.293 e. The topological polar surface area (TPSA) is 34.1 Å². The molecule has 0 aliphatic rings. The molecule has 0 unspecified atom stereocenters. The van der Waals surface area contributed by atoms with Gasteiger partial charge >= 0.3 is 0 Å². The van der Waals surface area contributed by atoms with Gasteiger partial charge < -0.3 is 0 Å². The Morgan fingerprint density at radius 3 is 2.50 bits per heavy atom. The first-order chi connectivity index (χ1) is 6.50. The molecule has 6 heteroatoms. The number of halogens is 3. The molecule has 0 fully saturated rings. The maximum atomic E-state index is 11.8. The van der Waals surface area contributed by atoms with E-state index in [2.05, 4.69) is 15.9 Å². The summed E-state index contributed by atoms with van der Waals surface area (Å²) in [6, 6.07) is 3.13. The molecule has 0 bridgehead atoms. The third-order valence-electron chi connectivity index (χ3n) is 1.43. The molecular weight excluding hydrogens is 278 g/mol. The number of carbonyl (C=O) groups is 2. The predicted molar refractivity (Wildman–Crippen MR) is 52.0 cm³/mol. The van der Waals surface area contributed by atoms with Gasteiger partial charge in [0.05, 0.1) is 15.1 Å². The summed E-state index contributed by atoms with van der Waals surface area (Å²) in [6.45, 7) is 0. The van der Waals surface area contributed by atoms with E-state index in [0.717, 1.165) is 15.1 Å². The van der Waals surface area contributed by atoms with Gasteiger partial charge in [0.15, 0.2) is 5.78 Å². The van der Waals surface area contributed by atoms with E-state index in [1.165, 1.54) is 6.07 Å². The van der Waals surface area contributed by atoms with Crippen molar-refractivity contribution in [3.63, 3.8) is 0 Å². The van der Waals surface area contributed by atoms with E-state index in [4.69, 9.17) is 0 Å². The highest BCUT2D eigenvalue weighted by Crippen LogP contribution is 2.23. The minimum atomic E-state index is -3.07. The van der Waals surface area contributed by atoms with Crippen molar-refractivity contribution in [1.82, 2.24) is 0 Å². The van der Waals surface area contributed by atoms with Crippen LogP contribution in [0.1, 0.15) is 16.1 Å². The molecule has 0 saturated heterocycles.